The fraction of sp³-hybridized carbons (Fsp3) is 0.464. The summed E-state index contributed by atoms with van der Waals surface area (Å²) in [5.74, 6) is -1.51. The van der Waals surface area contributed by atoms with Gasteiger partial charge in [0.1, 0.15) is 12.0 Å². The minimum Gasteiger partial charge on any atom is -0.476 e. The number of rotatable bonds is 12. The van der Waals surface area contributed by atoms with Crippen LogP contribution in [-0.2, 0) is 4.79 Å². The standard InChI is InChI=1S/C28H37FN2O3S2/c1-5-7-13-28(14-8-6-2)18-31(21-11-9-20(30-3)10-12-21)23-15-26(35-4)24(16-25(23)36-19-28)34-17-22(29)27(32)33/h9-12,15-17,30H,5-8,13-14,18-19H2,1-4H3,(H,32,33)/b22-17-. The van der Waals surface area contributed by atoms with E-state index in [9.17, 15) is 9.18 Å². The van der Waals surface area contributed by atoms with Gasteiger partial charge in [-0.05, 0) is 60.9 Å². The van der Waals surface area contributed by atoms with Crippen LogP contribution in [0.4, 0.5) is 21.5 Å². The topological polar surface area (TPSA) is 61.8 Å². The fourth-order valence-electron chi connectivity index (χ4n) is 4.54. The third kappa shape index (κ3) is 6.91. The lowest BCUT2D eigenvalue weighted by Gasteiger charge is -2.38. The van der Waals surface area contributed by atoms with Crippen molar-refractivity contribution in [3.8, 4) is 5.75 Å². The Labute approximate surface area is 222 Å². The highest BCUT2D eigenvalue weighted by Gasteiger charge is 2.36. The maximum absolute atomic E-state index is 13.6. The van der Waals surface area contributed by atoms with Crippen molar-refractivity contribution in [2.45, 2.75) is 62.2 Å². The number of benzene rings is 2. The van der Waals surface area contributed by atoms with E-state index in [4.69, 9.17) is 9.84 Å². The molecule has 2 aromatic carbocycles. The van der Waals surface area contributed by atoms with Crippen LogP contribution in [0.3, 0.4) is 0 Å². The van der Waals surface area contributed by atoms with E-state index in [1.54, 1.807) is 0 Å². The molecule has 196 valence electrons. The number of nitrogens with zero attached hydrogens (tertiary/aromatic N) is 1. The second kappa shape index (κ2) is 13.3. The van der Waals surface area contributed by atoms with E-state index in [2.05, 4.69) is 54.4 Å². The van der Waals surface area contributed by atoms with Gasteiger partial charge in [0.15, 0.2) is 0 Å². The van der Waals surface area contributed by atoms with Crippen LogP contribution >= 0.6 is 23.5 Å². The first-order valence-corrected chi connectivity index (χ1v) is 14.7. The van der Waals surface area contributed by atoms with E-state index in [0.717, 1.165) is 39.2 Å². The highest BCUT2D eigenvalue weighted by atomic mass is 32.2. The third-order valence-corrected chi connectivity index (χ3v) is 8.80. The molecule has 0 unspecified atom stereocenters. The number of thioether (sulfide) groups is 2. The molecule has 0 saturated heterocycles. The highest BCUT2D eigenvalue weighted by Crippen LogP contribution is 2.50. The number of nitrogens with one attached hydrogen (secondary N) is 1. The summed E-state index contributed by atoms with van der Waals surface area (Å²) in [5, 5.41) is 12.1. The van der Waals surface area contributed by atoms with Gasteiger partial charge in [-0.2, -0.15) is 4.39 Å². The Kier molecular flexibility index (Phi) is 10.4. The molecule has 2 aromatic rings. The van der Waals surface area contributed by atoms with Crippen LogP contribution in [0, 0.1) is 5.41 Å². The first kappa shape index (κ1) is 28.3. The maximum atomic E-state index is 13.6. The summed E-state index contributed by atoms with van der Waals surface area (Å²) in [6.45, 7) is 5.42. The van der Waals surface area contributed by atoms with Crippen molar-refractivity contribution >= 4 is 46.6 Å². The number of anilines is 3. The molecule has 3 rings (SSSR count). The van der Waals surface area contributed by atoms with Gasteiger partial charge >= 0.3 is 5.97 Å². The summed E-state index contributed by atoms with van der Waals surface area (Å²) in [5.41, 5.74) is 3.46. The second-order valence-electron chi connectivity index (χ2n) is 9.24. The van der Waals surface area contributed by atoms with Gasteiger partial charge in [-0.15, -0.1) is 23.5 Å². The van der Waals surface area contributed by atoms with E-state index in [-0.39, 0.29) is 5.41 Å². The number of hydrogen-bond acceptors (Lipinski definition) is 6. The van der Waals surface area contributed by atoms with Crippen LogP contribution in [0.5, 0.6) is 5.75 Å². The Morgan fingerprint density at radius 3 is 2.44 bits per heavy atom. The van der Waals surface area contributed by atoms with Crippen molar-refractivity contribution in [2.24, 2.45) is 5.41 Å². The van der Waals surface area contributed by atoms with Crippen molar-refractivity contribution in [3.05, 3.63) is 48.5 Å². The molecular weight excluding hydrogens is 495 g/mol. The molecule has 1 heterocycles. The minimum atomic E-state index is -1.64. The Morgan fingerprint density at radius 1 is 1.22 bits per heavy atom. The van der Waals surface area contributed by atoms with Crippen molar-refractivity contribution in [1.29, 1.82) is 0 Å². The molecule has 0 saturated carbocycles. The van der Waals surface area contributed by atoms with Gasteiger partial charge in [-0.3, -0.25) is 0 Å². The Bertz CT molecular complexity index is 1050. The lowest BCUT2D eigenvalue weighted by Crippen LogP contribution is -2.36. The highest BCUT2D eigenvalue weighted by molar-refractivity contribution is 7.99. The molecule has 0 atom stereocenters. The minimum absolute atomic E-state index is 0.160. The van der Waals surface area contributed by atoms with Crippen LogP contribution in [-0.4, -0.2) is 36.7 Å². The smallest absolute Gasteiger partial charge is 0.368 e. The fourth-order valence-corrected chi connectivity index (χ4v) is 6.43. The lowest BCUT2D eigenvalue weighted by atomic mass is 9.79. The Balaban J connectivity index is 2.11. The van der Waals surface area contributed by atoms with Crippen molar-refractivity contribution in [2.75, 3.05) is 35.8 Å². The molecule has 0 fully saturated rings. The molecule has 1 aliphatic rings. The summed E-state index contributed by atoms with van der Waals surface area (Å²) in [6.07, 6.45) is 9.66. The Hall–Kier alpha value is -2.32. The zero-order chi connectivity index (χ0) is 26.1. The predicted octanol–water partition coefficient (Wildman–Crippen LogP) is 8.34. The number of carbonyl (C=O) groups is 1. The van der Waals surface area contributed by atoms with Gasteiger partial charge in [-0.1, -0.05) is 39.5 Å². The molecule has 2 N–H and O–H groups in total. The van der Waals surface area contributed by atoms with Crippen LogP contribution in [0.1, 0.15) is 52.4 Å². The number of hydrogen-bond donors (Lipinski definition) is 2. The molecule has 8 heteroatoms. The number of carboxylic acid groups (broad SMARTS) is 1. The van der Waals surface area contributed by atoms with Gasteiger partial charge in [-0.25, -0.2) is 4.79 Å². The second-order valence-corrected chi connectivity index (χ2v) is 11.1. The van der Waals surface area contributed by atoms with E-state index in [1.165, 1.54) is 50.3 Å². The number of unbranched alkanes of at least 4 members (excludes halogenated alkanes) is 2. The van der Waals surface area contributed by atoms with E-state index >= 15 is 0 Å². The summed E-state index contributed by atoms with van der Waals surface area (Å²) in [7, 11) is 1.92. The molecule has 0 aromatic heterocycles. The van der Waals surface area contributed by atoms with E-state index in [0.29, 0.717) is 12.0 Å². The first-order valence-electron chi connectivity index (χ1n) is 12.5. The molecule has 0 amide bonds. The SMILES string of the molecule is CCCCC1(CCCC)CSc2cc(O/C=C(\F)C(=O)O)c(SC)cc2N(c2ccc(NC)cc2)C1. The van der Waals surface area contributed by atoms with E-state index in [1.807, 2.05) is 31.1 Å². The molecule has 0 spiro atoms. The van der Waals surface area contributed by atoms with Gasteiger partial charge in [0.2, 0.25) is 5.83 Å². The summed E-state index contributed by atoms with van der Waals surface area (Å²) < 4.78 is 19.2. The molecular formula is C28H37FN2O3S2. The average molecular weight is 533 g/mol. The molecule has 0 radical (unpaired) electrons. The number of aliphatic carboxylic acids is 1. The van der Waals surface area contributed by atoms with Crippen LogP contribution in [0.2, 0.25) is 0 Å². The first-order chi connectivity index (χ1) is 17.4. The molecule has 36 heavy (non-hydrogen) atoms. The summed E-state index contributed by atoms with van der Waals surface area (Å²) in [4.78, 5) is 15.2. The maximum Gasteiger partial charge on any atom is 0.368 e. The normalized spacial score (nSPS) is 15.2. The predicted molar refractivity (Wildman–Crippen MR) is 151 cm³/mol. The largest absolute Gasteiger partial charge is 0.476 e. The number of halogens is 1. The summed E-state index contributed by atoms with van der Waals surface area (Å²) in [6, 6.07) is 12.5. The van der Waals surface area contributed by atoms with Crippen molar-refractivity contribution in [3.63, 3.8) is 0 Å². The monoisotopic (exact) mass is 532 g/mol. The molecule has 1 aliphatic heterocycles. The summed E-state index contributed by atoms with van der Waals surface area (Å²) >= 11 is 3.32. The van der Waals surface area contributed by atoms with Gasteiger partial charge in [0.25, 0.3) is 0 Å². The zero-order valence-electron chi connectivity index (χ0n) is 21.6. The van der Waals surface area contributed by atoms with E-state index < -0.39 is 11.8 Å². The van der Waals surface area contributed by atoms with Gasteiger partial charge in [0, 0.05) is 35.6 Å². The number of carboxylic acids is 1. The molecule has 5 nitrogen and oxygen atoms in total. The molecule has 0 bridgehead atoms. The van der Waals surface area contributed by atoms with Crippen LogP contribution in [0.15, 0.2) is 58.3 Å². The third-order valence-electron chi connectivity index (χ3n) is 6.65. The number of fused-ring (bicyclic) bond motifs is 1. The van der Waals surface area contributed by atoms with Crippen LogP contribution < -0.4 is 15.0 Å². The molecule has 0 aliphatic carbocycles. The average Bonchev–Trinajstić information content (AvgIpc) is 3.05. The van der Waals surface area contributed by atoms with Crippen molar-refractivity contribution in [1.82, 2.24) is 0 Å². The van der Waals surface area contributed by atoms with Crippen molar-refractivity contribution < 1.29 is 19.0 Å². The quantitative estimate of drug-likeness (QED) is 0.162. The lowest BCUT2D eigenvalue weighted by molar-refractivity contribution is -0.134. The van der Waals surface area contributed by atoms with Crippen LogP contribution in [0.25, 0.3) is 0 Å². The zero-order valence-corrected chi connectivity index (χ0v) is 23.2. The Morgan fingerprint density at radius 2 is 1.89 bits per heavy atom. The van der Waals surface area contributed by atoms with Gasteiger partial charge in [0.05, 0.1) is 10.6 Å². The van der Waals surface area contributed by atoms with Gasteiger partial charge < -0.3 is 20.1 Å². The number of ether oxygens (including phenoxy) is 1.